The topological polar surface area (TPSA) is 47.1 Å². The van der Waals surface area contributed by atoms with E-state index in [9.17, 15) is 0 Å². The van der Waals surface area contributed by atoms with Crippen LogP contribution in [0, 0.1) is 11.8 Å². The minimum absolute atomic E-state index is 0.254. The van der Waals surface area contributed by atoms with Crippen LogP contribution in [0.4, 0.5) is 0 Å². The minimum Gasteiger partial charge on any atom is -0.331 e. The molecular formula is C16H32N4. The van der Waals surface area contributed by atoms with Crippen LogP contribution in [0.1, 0.15) is 59.3 Å². The molecule has 1 heterocycles. The Labute approximate surface area is 124 Å². The zero-order valence-corrected chi connectivity index (χ0v) is 14.0. The molecule has 0 saturated carbocycles. The van der Waals surface area contributed by atoms with Gasteiger partial charge in [-0.05, 0) is 25.7 Å². The molecular weight excluding hydrogens is 248 g/mol. The number of imidazole rings is 1. The zero-order valence-electron chi connectivity index (χ0n) is 14.0. The Hall–Kier alpha value is -0.870. The summed E-state index contributed by atoms with van der Waals surface area (Å²) in [6.07, 6.45) is 3.90. The van der Waals surface area contributed by atoms with Crippen molar-refractivity contribution >= 4 is 0 Å². The van der Waals surface area contributed by atoms with E-state index in [4.69, 9.17) is 5.73 Å². The Morgan fingerprint density at radius 3 is 2.05 bits per heavy atom. The van der Waals surface area contributed by atoms with Gasteiger partial charge in [0.2, 0.25) is 0 Å². The normalized spacial score (nSPS) is 13.9. The molecule has 0 aliphatic heterocycles. The summed E-state index contributed by atoms with van der Waals surface area (Å²) in [4.78, 5) is 6.85. The highest BCUT2D eigenvalue weighted by atomic mass is 15.2. The van der Waals surface area contributed by atoms with E-state index in [1.807, 2.05) is 12.5 Å². The monoisotopic (exact) mass is 280 g/mol. The molecule has 4 nitrogen and oxygen atoms in total. The van der Waals surface area contributed by atoms with Crippen LogP contribution in [0.25, 0.3) is 0 Å². The van der Waals surface area contributed by atoms with Gasteiger partial charge in [-0.25, -0.2) is 4.98 Å². The van der Waals surface area contributed by atoms with Gasteiger partial charge in [-0.1, -0.05) is 27.7 Å². The summed E-state index contributed by atoms with van der Waals surface area (Å²) < 4.78 is 2.24. The molecule has 20 heavy (non-hydrogen) atoms. The molecule has 4 heteroatoms. The Kier molecular flexibility index (Phi) is 6.69. The molecule has 0 aliphatic carbocycles. The van der Waals surface area contributed by atoms with Crippen LogP contribution in [0.5, 0.6) is 0 Å². The number of hydrogen-bond acceptors (Lipinski definition) is 3. The number of aromatic nitrogens is 2. The summed E-state index contributed by atoms with van der Waals surface area (Å²) >= 11 is 0. The summed E-state index contributed by atoms with van der Waals surface area (Å²) in [7, 11) is 0. The molecule has 1 atom stereocenters. The van der Waals surface area contributed by atoms with Gasteiger partial charge in [-0.2, -0.15) is 0 Å². The lowest BCUT2D eigenvalue weighted by Gasteiger charge is -2.34. The highest BCUT2D eigenvalue weighted by molar-refractivity contribution is 5.08. The fraction of sp³-hybridized carbons (Fsp3) is 0.812. The summed E-state index contributed by atoms with van der Waals surface area (Å²) in [5, 5.41) is 0. The second-order valence-electron chi connectivity index (χ2n) is 6.81. The average molecular weight is 280 g/mol. The summed E-state index contributed by atoms with van der Waals surface area (Å²) in [5.41, 5.74) is 7.34. The second kappa shape index (κ2) is 7.79. The predicted molar refractivity (Wildman–Crippen MR) is 85.7 cm³/mol. The first-order valence-corrected chi connectivity index (χ1v) is 7.82. The predicted octanol–water partition coefficient (Wildman–Crippen LogP) is 3.08. The Balaban J connectivity index is 3.02. The van der Waals surface area contributed by atoms with Crippen LogP contribution in [-0.4, -0.2) is 34.1 Å². The number of hydrogen-bond donors (Lipinski definition) is 1. The van der Waals surface area contributed by atoms with Crippen LogP contribution in [0.15, 0.2) is 12.5 Å². The van der Waals surface area contributed by atoms with Gasteiger partial charge in [0.15, 0.2) is 0 Å². The Bertz CT molecular complexity index is 372. The smallest absolute Gasteiger partial charge is 0.0951 e. The maximum absolute atomic E-state index is 6.10. The van der Waals surface area contributed by atoms with Crippen LogP contribution < -0.4 is 5.73 Å². The molecule has 0 fully saturated rings. The molecule has 2 N–H and O–H groups in total. The first-order valence-electron chi connectivity index (χ1n) is 7.82. The molecule has 0 spiro atoms. The highest BCUT2D eigenvalue weighted by Gasteiger charge is 2.24. The maximum atomic E-state index is 6.10. The third-order valence-corrected chi connectivity index (χ3v) is 3.46. The fourth-order valence-electron chi connectivity index (χ4n) is 2.73. The zero-order chi connectivity index (χ0) is 15.3. The van der Waals surface area contributed by atoms with Crippen molar-refractivity contribution in [3.05, 3.63) is 18.2 Å². The maximum Gasteiger partial charge on any atom is 0.0951 e. The third kappa shape index (κ3) is 4.60. The van der Waals surface area contributed by atoms with E-state index in [1.165, 1.54) is 5.69 Å². The van der Waals surface area contributed by atoms with Crippen molar-refractivity contribution in [2.24, 2.45) is 17.6 Å². The van der Waals surface area contributed by atoms with E-state index in [-0.39, 0.29) is 6.04 Å². The van der Waals surface area contributed by atoms with Gasteiger partial charge in [-0.3, -0.25) is 4.90 Å². The van der Waals surface area contributed by atoms with Crippen molar-refractivity contribution in [3.8, 4) is 0 Å². The lowest BCUT2D eigenvalue weighted by atomic mass is 10.1. The fourth-order valence-corrected chi connectivity index (χ4v) is 2.73. The van der Waals surface area contributed by atoms with Crippen LogP contribution in [0.3, 0.4) is 0 Å². The Morgan fingerprint density at radius 2 is 1.65 bits per heavy atom. The Morgan fingerprint density at radius 1 is 1.10 bits per heavy atom. The number of rotatable bonds is 8. The van der Waals surface area contributed by atoms with Gasteiger partial charge >= 0.3 is 0 Å². The van der Waals surface area contributed by atoms with Crippen molar-refractivity contribution in [2.75, 3.05) is 19.6 Å². The van der Waals surface area contributed by atoms with Crippen molar-refractivity contribution in [2.45, 2.75) is 53.6 Å². The van der Waals surface area contributed by atoms with Crippen LogP contribution in [-0.2, 0) is 0 Å². The average Bonchev–Trinajstić information content (AvgIpc) is 2.77. The van der Waals surface area contributed by atoms with Gasteiger partial charge in [0.25, 0.3) is 0 Å². The SMILES string of the molecule is CC(C)CN(CC(C)C)C(CN)c1cncn1C(C)C. The molecule has 0 aliphatic rings. The standard InChI is InChI=1S/C16H32N4/c1-12(2)9-19(10-13(3)4)15(7-17)16-8-18-11-20(16)14(5)6/h8,11-15H,7,9-10,17H2,1-6H3. The van der Waals surface area contributed by atoms with Gasteiger partial charge in [0.1, 0.15) is 0 Å². The first kappa shape index (κ1) is 17.2. The molecule has 0 radical (unpaired) electrons. The van der Waals surface area contributed by atoms with E-state index in [2.05, 4.69) is 56.0 Å². The summed E-state index contributed by atoms with van der Waals surface area (Å²) in [6.45, 7) is 16.2. The van der Waals surface area contributed by atoms with Crippen LogP contribution >= 0.6 is 0 Å². The molecule has 0 aromatic carbocycles. The minimum atomic E-state index is 0.254. The van der Waals surface area contributed by atoms with Gasteiger partial charge in [0.05, 0.1) is 18.1 Å². The lowest BCUT2D eigenvalue weighted by Crippen LogP contribution is -2.39. The number of nitrogens with two attached hydrogens (primary N) is 1. The van der Waals surface area contributed by atoms with E-state index in [0.717, 1.165) is 13.1 Å². The first-order chi connectivity index (χ1) is 9.36. The third-order valence-electron chi connectivity index (χ3n) is 3.46. The van der Waals surface area contributed by atoms with E-state index < -0.39 is 0 Å². The molecule has 1 aromatic heterocycles. The molecule has 0 saturated heterocycles. The van der Waals surface area contributed by atoms with Gasteiger partial charge < -0.3 is 10.3 Å². The molecule has 0 amide bonds. The summed E-state index contributed by atoms with van der Waals surface area (Å²) in [6, 6.07) is 0.672. The van der Waals surface area contributed by atoms with E-state index >= 15 is 0 Å². The van der Waals surface area contributed by atoms with Gasteiger partial charge in [-0.15, -0.1) is 0 Å². The van der Waals surface area contributed by atoms with E-state index in [1.54, 1.807) is 0 Å². The van der Waals surface area contributed by atoms with E-state index in [0.29, 0.717) is 24.4 Å². The molecule has 1 rings (SSSR count). The van der Waals surface area contributed by atoms with Crippen molar-refractivity contribution in [3.63, 3.8) is 0 Å². The molecule has 1 unspecified atom stereocenters. The van der Waals surface area contributed by atoms with Crippen molar-refractivity contribution < 1.29 is 0 Å². The van der Waals surface area contributed by atoms with Crippen molar-refractivity contribution in [1.29, 1.82) is 0 Å². The van der Waals surface area contributed by atoms with Crippen molar-refractivity contribution in [1.82, 2.24) is 14.5 Å². The molecule has 0 bridgehead atoms. The van der Waals surface area contributed by atoms with Gasteiger partial charge in [0, 0.05) is 31.9 Å². The molecule has 116 valence electrons. The number of nitrogens with zero attached hydrogens (tertiary/aromatic N) is 3. The molecule has 1 aromatic rings. The second-order valence-corrected chi connectivity index (χ2v) is 6.81. The quantitative estimate of drug-likeness (QED) is 0.796. The lowest BCUT2D eigenvalue weighted by molar-refractivity contribution is 0.153. The summed E-state index contributed by atoms with van der Waals surface area (Å²) in [5.74, 6) is 1.27. The highest BCUT2D eigenvalue weighted by Crippen LogP contribution is 2.24. The van der Waals surface area contributed by atoms with Crippen LogP contribution in [0.2, 0.25) is 0 Å². The largest absolute Gasteiger partial charge is 0.331 e.